The number of hydrogen-bond acceptors (Lipinski definition) is 4. The first kappa shape index (κ1) is 12.8. The summed E-state index contributed by atoms with van der Waals surface area (Å²) in [5.41, 5.74) is 7.91. The summed E-state index contributed by atoms with van der Waals surface area (Å²) in [7, 11) is 0. The van der Waals surface area contributed by atoms with Crippen LogP contribution in [0.2, 0.25) is 0 Å². The molecule has 2 rings (SSSR count). The summed E-state index contributed by atoms with van der Waals surface area (Å²) >= 11 is 0. The van der Waals surface area contributed by atoms with Crippen molar-refractivity contribution < 1.29 is 4.92 Å². The Morgan fingerprint density at radius 2 is 2.11 bits per heavy atom. The Labute approximate surface area is 107 Å². The van der Waals surface area contributed by atoms with Gasteiger partial charge in [0.25, 0.3) is 5.69 Å². The highest BCUT2D eigenvalue weighted by Crippen LogP contribution is 2.29. The minimum atomic E-state index is -0.338. The van der Waals surface area contributed by atoms with Crippen LogP contribution in [0.4, 0.5) is 11.4 Å². The zero-order chi connectivity index (χ0) is 13.1. The van der Waals surface area contributed by atoms with Gasteiger partial charge in [0.05, 0.1) is 4.92 Å². The van der Waals surface area contributed by atoms with E-state index in [2.05, 4.69) is 4.90 Å². The highest BCUT2D eigenvalue weighted by Gasteiger charge is 2.20. The maximum Gasteiger partial charge on any atom is 0.271 e. The number of benzene rings is 1. The molecule has 2 N–H and O–H groups in total. The van der Waals surface area contributed by atoms with Gasteiger partial charge in [-0.2, -0.15) is 0 Å². The summed E-state index contributed by atoms with van der Waals surface area (Å²) in [6.45, 7) is 4.60. The van der Waals surface area contributed by atoms with Gasteiger partial charge >= 0.3 is 0 Å². The lowest BCUT2D eigenvalue weighted by molar-refractivity contribution is -0.384. The second-order valence-electron chi connectivity index (χ2n) is 4.89. The van der Waals surface area contributed by atoms with Crippen molar-refractivity contribution in [2.24, 2.45) is 11.7 Å². The predicted molar refractivity (Wildman–Crippen MR) is 71.8 cm³/mol. The zero-order valence-corrected chi connectivity index (χ0v) is 10.6. The quantitative estimate of drug-likeness (QED) is 0.657. The molecule has 0 spiro atoms. The maximum absolute atomic E-state index is 10.8. The monoisotopic (exact) mass is 249 g/mol. The Bertz CT molecular complexity index is 440. The number of nitrogens with zero attached hydrogens (tertiary/aromatic N) is 2. The number of nitro benzene ring substituents is 1. The maximum atomic E-state index is 10.8. The third kappa shape index (κ3) is 2.61. The fraction of sp³-hybridized carbons (Fsp3) is 0.538. The average Bonchev–Trinajstić information content (AvgIpc) is 2.39. The molecule has 0 unspecified atom stereocenters. The SMILES string of the molecule is Cc1ccc([N+](=O)[O-])cc1N1CCC(CN)CC1. The molecule has 1 heterocycles. The molecular weight excluding hydrogens is 230 g/mol. The van der Waals surface area contributed by atoms with Crippen LogP contribution in [-0.2, 0) is 0 Å². The van der Waals surface area contributed by atoms with Crippen LogP contribution in [0.25, 0.3) is 0 Å². The van der Waals surface area contributed by atoms with E-state index < -0.39 is 0 Å². The largest absolute Gasteiger partial charge is 0.371 e. The number of anilines is 1. The minimum Gasteiger partial charge on any atom is -0.371 e. The summed E-state index contributed by atoms with van der Waals surface area (Å²) in [5.74, 6) is 0.597. The molecule has 0 atom stereocenters. The molecule has 0 aromatic heterocycles. The van der Waals surface area contributed by atoms with Crippen LogP contribution in [0.15, 0.2) is 18.2 Å². The van der Waals surface area contributed by atoms with E-state index in [4.69, 9.17) is 5.73 Å². The lowest BCUT2D eigenvalue weighted by Crippen LogP contribution is -2.36. The van der Waals surface area contributed by atoms with Gasteiger partial charge in [0.1, 0.15) is 0 Å². The van der Waals surface area contributed by atoms with Gasteiger partial charge in [-0.15, -0.1) is 0 Å². The van der Waals surface area contributed by atoms with Crippen molar-refractivity contribution in [2.45, 2.75) is 19.8 Å². The molecule has 1 aliphatic heterocycles. The van der Waals surface area contributed by atoms with Crippen LogP contribution < -0.4 is 10.6 Å². The van der Waals surface area contributed by atoms with E-state index in [1.807, 2.05) is 13.0 Å². The van der Waals surface area contributed by atoms with Gasteiger partial charge in [0.15, 0.2) is 0 Å². The van der Waals surface area contributed by atoms with Crippen LogP contribution >= 0.6 is 0 Å². The van der Waals surface area contributed by atoms with E-state index in [9.17, 15) is 10.1 Å². The lowest BCUT2D eigenvalue weighted by Gasteiger charge is -2.33. The molecule has 5 heteroatoms. The molecule has 0 bridgehead atoms. The van der Waals surface area contributed by atoms with Crippen LogP contribution in [-0.4, -0.2) is 24.6 Å². The smallest absolute Gasteiger partial charge is 0.271 e. The fourth-order valence-electron chi connectivity index (χ4n) is 2.46. The van der Waals surface area contributed by atoms with E-state index in [0.717, 1.165) is 43.7 Å². The molecule has 0 amide bonds. The second-order valence-corrected chi connectivity index (χ2v) is 4.89. The molecule has 1 fully saturated rings. The highest BCUT2D eigenvalue weighted by molar-refractivity contribution is 5.58. The Kier molecular flexibility index (Phi) is 3.81. The van der Waals surface area contributed by atoms with Gasteiger partial charge in [0.2, 0.25) is 0 Å². The van der Waals surface area contributed by atoms with E-state index in [0.29, 0.717) is 5.92 Å². The normalized spacial score (nSPS) is 16.9. The number of piperidine rings is 1. The number of nitro groups is 1. The van der Waals surface area contributed by atoms with Crippen LogP contribution in [0.1, 0.15) is 18.4 Å². The second kappa shape index (κ2) is 5.35. The molecule has 0 radical (unpaired) electrons. The van der Waals surface area contributed by atoms with Crippen molar-refractivity contribution in [3.63, 3.8) is 0 Å². The summed E-state index contributed by atoms with van der Waals surface area (Å²) in [5, 5.41) is 10.8. The van der Waals surface area contributed by atoms with Gasteiger partial charge in [0, 0.05) is 30.9 Å². The topological polar surface area (TPSA) is 72.4 Å². The van der Waals surface area contributed by atoms with Gasteiger partial charge < -0.3 is 10.6 Å². The van der Waals surface area contributed by atoms with E-state index in [1.165, 1.54) is 0 Å². The van der Waals surface area contributed by atoms with E-state index in [-0.39, 0.29) is 10.6 Å². The van der Waals surface area contributed by atoms with Crippen molar-refractivity contribution in [1.29, 1.82) is 0 Å². The lowest BCUT2D eigenvalue weighted by atomic mass is 9.96. The minimum absolute atomic E-state index is 0.163. The van der Waals surface area contributed by atoms with Gasteiger partial charge in [-0.1, -0.05) is 6.07 Å². The standard InChI is InChI=1S/C13H19N3O2/c1-10-2-3-12(16(17)18)8-13(10)15-6-4-11(9-14)5-7-15/h2-3,8,11H,4-7,9,14H2,1H3. The number of hydrogen-bond donors (Lipinski definition) is 1. The van der Waals surface area contributed by atoms with Crippen LogP contribution in [0.5, 0.6) is 0 Å². The Balaban J connectivity index is 2.18. The van der Waals surface area contributed by atoms with Crippen molar-refractivity contribution in [3.05, 3.63) is 33.9 Å². The van der Waals surface area contributed by atoms with E-state index >= 15 is 0 Å². The molecular formula is C13H19N3O2. The first-order valence-electron chi connectivity index (χ1n) is 6.32. The van der Waals surface area contributed by atoms with Crippen molar-refractivity contribution in [2.75, 3.05) is 24.5 Å². The third-order valence-electron chi connectivity index (χ3n) is 3.69. The number of non-ortho nitro benzene ring substituents is 1. The highest BCUT2D eigenvalue weighted by atomic mass is 16.6. The number of rotatable bonds is 3. The van der Waals surface area contributed by atoms with Crippen LogP contribution in [0.3, 0.4) is 0 Å². The van der Waals surface area contributed by atoms with Crippen molar-refractivity contribution in [3.8, 4) is 0 Å². The van der Waals surface area contributed by atoms with E-state index in [1.54, 1.807) is 12.1 Å². The summed E-state index contributed by atoms with van der Waals surface area (Å²) < 4.78 is 0. The molecule has 1 saturated heterocycles. The molecule has 0 aliphatic carbocycles. The Morgan fingerprint density at radius 1 is 1.44 bits per heavy atom. The molecule has 1 aromatic carbocycles. The Morgan fingerprint density at radius 3 is 2.67 bits per heavy atom. The summed E-state index contributed by atoms with van der Waals surface area (Å²) in [4.78, 5) is 12.7. The first-order chi connectivity index (χ1) is 8.61. The molecule has 1 aliphatic rings. The third-order valence-corrected chi connectivity index (χ3v) is 3.69. The zero-order valence-electron chi connectivity index (χ0n) is 10.6. The first-order valence-corrected chi connectivity index (χ1v) is 6.32. The molecule has 5 nitrogen and oxygen atoms in total. The number of aryl methyl sites for hydroxylation is 1. The predicted octanol–water partition coefficient (Wildman–Crippen LogP) is 2.08. The molecule has 98 valence electrons. The molecule has 0 saturated carbocycles. The fourth-order valence-corrected chi connectivity index (χ4v) is 2.46. The van der Waals surface area contributed by atoms with Crippen molar-refractivity contribution in [1.82, 2.24) is 0 Å². The summed E-state index contributed by atoms with van der Waals surface area (Å²) in [6.07, 6.45) is 2.14. The van der Waals surface area contributed by atoms with Crippen molar-refractivity contribution >= 4 is 11.4 Å². The number of nitrogens with two attached hydrogens (primary N) is 1. The van der Waals surface area contributed by atoms with Gasteiger partial charge in [-0.05, 0) is 37.8 Å². The molecule has 18 heavy (non-hydrogen) atoms. The van der Waals surface area contributed by atoms with Crippen LogP contribution in [0, 0.1) is 23.0 Å². The average molecular weight is 249 g/mol. The Hall–Kier alpha value is -1.62. The molecule has 1 aromatic rings. The summed E-state index contributed by atoms with van der Waals surface area (Å²) in [6, 6.07) is 5.06. The van der Waals surface area contributed by atoms with Gasteiger partial charge in [-0.25, -0.2) is 0 Å². The van der Waals surface area contributed by atoms with Gasteiger partial charge in [-0.3, -0.25) is 10.1 Å².